The molecule has 4 saturated carbocycles. The third-order valence-corrected chi connectivity index (χ3v) is 20.2. The number of hydrogen-bond acceptors (Lipinski definition) is 13. The predicted octanol–water partition coefficient (Wildman–Crippen LogP) is 12.4. The second-order valence-corrected chi connectivity index (χ2v) is 25.5. The zero-order valence-corrected chi connectivity index (χ0v) is 47.9. The zero-order chi connectivity index (χ0) is 57.2. The summed E-state index contributed by atoms with van der Waals surface area (Å²) in [6, 6.07) is 15.3. The van der Waals surface area contributed by atoms with E-state index in [2.05, 4.69) is 57.3 Å². The SMILES string of the molecule is C=C[C@](C)(COCc1ccc(OC)cc1)CC(=O)[C@@]1(C)C2C3(CC[C@]2(C(=C)OS(=O)(=O)C(F)(F)F)CC[C@H]1C)OCCO3.C=C[C@](C)(COCc1ccc(OC)cc1)CC(=O)[C@@]1(C)C2C3(CC[C@]2(C=C)CC[C@H]1C)OCCO3. The van der Waals surface area contributed by atoms with E-state index in [0.717, 1.165) is 48.3 Å². The number of ketones is 2. The van der Waals surface area contributed by atoms with Crippen LogP contribution in [0.25, 0.3) is 0 Å². The van der Waals surface area contributed by atoms with E-state index in [4.69, 9.17) is 37.9 Å². The molecule has 2 aromatic carbocycles. The molecular formula is C61H83F3O13S. The monoisotopic (exact) mass is 1110 g/mol. The maximum atomic E-state index is 14.5. The number of alkyl halides is 3. The number of benzene rings is 2. The average Bonchev–Trinajstić information content (AvgIpc) is 4.31. The van der Waals surface area contributed by atoms with Gasteiger partial charge in [0.05, 0.1) is 67.1 Å². The topological polar surface area (TPSA) is 151 Å². The van der Waals surface area contributed by atoms with Gasteiger partial charge in [0.1, 0.15) is 28.8 Å². The van der Waals surface area contributed by atoms with E-state index >= 15 is 0 Å². The molecule has 0 aromatic heterocycles. The van der Waals surface area contributed by atoms with Crippen LogP contribution in [0.3, 0.4) is 0 Å². The number of allylic oxidation sites excluding steroid dienone is 2. The Morgan fingerprint density at radius 3 is 1.47 bits per heavy atom. The summed E-state index contributed by atoms with van der Waals surface area (Å²) < 4.78 is 116. The summed E-state index contributed by atoms with van der Waals surface area (Å²) in [6.07, 6.45) is 11.0. The summed E-state index contributed by atoms with van der Waals surface area (Å²) in [4.78, 5) is 28.8. The van der Waals surface area contributed by atoms with Crippen LogP contribution in [0, 0.1) is 56.2 Å². The van der Waals surface area contributed by atoms with E-state index in [1.165, 1.54) is 0 Å². The van der Waals surface area contributed by atoms with E-state index in [0.29, 0.717) is 45.9 Å². The van der Waals surface area contributed by atoms with Gasteiger partial charge in [-0.3, -0.25) is 9.59 Å². The summed E-state index contributed by atoms with van der Waals surface area (Å²) in [5.74, 6) is -1.76. The molecule has 2 saturated heterocycles. The lowest BCUT2D eigenvalue weighted by Gasteiger charge is -2.56. The Bertz CT molecular complexity index is 2610. The molecule has 17 heteroatoms. The van der Waals surface area contributed by atoms with Crippen LogP contribution in [0.1, 0.15) is 117 Å². The molecule has 13 nitrogen and oxygen atoms in total. The Labute approximate surface area is 460 Å². The Balaban J connectivity index is 0.000000231. The van der Waals surface area contributed by atoms with Crippen LogP contribution in [-0.4, -0.2) is 90.9 Å². The number of carbonyl (C=O) groups is 2. The fourth-order valence-electron chi connectivity index (χ4n) is 14.2. The van der Waals surface area contributed by atoms with Crippen molar-refractivity contribution >= 4 is 21.7 Å². The minimum Gasteiger partial charge on any atom is -0.497 e. The molecule has 2 aromatic rings. The number of ether oxygens (including phenoxy) is 8. The molecule has 8 rings (SSSR count). The highest BCUT2D eigenvalue weighted by molar-refractivity contribution is 7.87. The molecule has 0 N–H and O–H groups in total. The van der Waals surface area contributed by atoms with Crippen molar-refractivity contribution in [3.8, 4) is 11.5 Å². The van der Waals surface area contributed by atoms with E-state index in [-0.39, 0.29) is 80.2 Å². The van der Waals surface area contributed by atoms with Gasteiger partial charge in [-0.15, -0.1) is 19.7 Å². The minimum absolute atomic E-state index is 0.0246. The molecular weight excluding hydrogens is 1030 g/mol. The van der Waals surface area contributed by atoms with E-state index in [9.17, 15) is 31.2 Å². The van der Waals surface area contributed by atoms with Crippen molar-refractivity contribution in [2.45, 2.75) is 136 Å². The van der Waals surface area contributed by atoms with Crippen LogP contribution in [0.4, 0.5) is 13.2 Å². The number of methoxy groups -OCH3 is 2. The highest BCUT2D eigenvalue weighted by Gasteiger charge is 2.73. The van der Waals surface area contributed by atoms with Gasteiger partial charge in [0, 0.05) is 64.6 Å². The van der Waals surface area contributed by atoms with Crippen LogP contribution in [0.15, 0.2) is 98.8 Å². The van der Waals surface area contributed by atoms with E-state index in [1.54, 1.807) is 27.2 Å². The van der Waals surface area contributed by atoms with Gasteiger partial charge in [-0.25, -0.2) is 0 Å². The summed E-state index contributed by atoms with van der Waals surface area (Å²) in [5.41, 5.74) is -8.07. The first-order chi connectivity index (χ1) is 36.7. The quantitative estimate of drug-likeness (QED) is 0.0476. The van der Waals surface area contributed by atoms with Crippen molar-refractivity contribution in [1.29, 1.82) is 0 Å². The molecule has 78 heavy (non-hydrogen) atoms. The molecule has 0 amide bonds. The van der Waals surface area contributed by atoms with Gasteiger partial charge in [-0.05, 0) is 91.2 Å². The molecule has 0 bridgehead atoms. The molecule has 2 spiro atoms. The maximum Gasteiger partial charge on any atom is 0.534 e. The molecule has 432 valence electrons. The molecule has 2 aliphatic heterocycles. The Kier molecular flexibility index (Phi) is 18.3. The first-order valence-electron chi connectivity index (χ1n) is 27.3. The highest BCUT2D eigenvalue weighted by Crippen LogP contribution is 2.71. The maximum absolute atomic E-state index is 14.5. The third kappa shape index (κ3) is 11.5. The number of hydrogen-bond donors (Lipinski definition) is 0. The predicted molar refractivity (Wildman–Crippen MR) is 289 cm³/mol. The zero-order valence-electron chi connectivity index (χ0n) is 47.1. The molecule has 2 heterocycles. The number of Topliss-reactive ketones (excluding diaryl/α,β-unsaturated/α-hetero) is 2. The molecule has 10 atom stereocenters. The smallest absolute Gasteiger partial charge is 0.497 e. The summed E-state index contributed by atoms with van der Waals surface area (Å²) >= 11 is 0. The van der Waals surface area contributed by atoms with E-state index < -0.39 is 66.0 Å². The fraction of sp³-hybridized carbons (Fsp3) is 0.639. The van der Waals surface area contributed by atoms with Gasteiger partial charge < -0.3 is 42.1 Å². The van der Waals surface area contributed by atoms with Crippen molar-refractivity contribution < 1.29 is 73.3 Å². The fourth-order valence-corrected chi connectivity index (χ4v) is 14.7. The Morgan fingerprint density at radius 2 is 1.06 bits per heavy atom. The van der Waals surface area contributed by atoms with Crippen molar-refractivity contribution in [3.05, 3.63) is 110 Å². The number of carbonyl (C=O) groups excluding carboxylic acids is 2. The number of rotatable bonds is 22. The van der Waals surface area contributed by atoms with Gasteiger partial charge in [-0.1, -0.05) is 90.6 Å². The lowest BCUT2D eigenvalue weighted by Crippen LogP contribution is -2.59. The van der Waals surface area contributed by atoms with E-state index in [1.807, 2.05) is 68.5 Å². The largest absolute Gasteiger partial charge is 0.534 e. The molecule has 4 aliphatic carbocycles. The summed E-state index contributed by atoms with van der Waals surface area (Å²) in [7, 11) is -2.73. The van der Waals surface area contributed by atoms with Crippen molar-refractivity contribution in [1.82, 2.24) is 0 Å². The van der Waals surface area contributed by atoms with Crippen molar-refractivity contribution in [2.24, 2.45) is 56.2 Å². The highest BCUT2D eigenvalue weighted by atomic mass is 32.2. The van der Waals surface area contributed by atoms with Crippen molar-refractivity contribution in [2.75, 3.05) is 53.9 Å². The van der Waals surface area contributed by atoms with Crippen LogP contribution in [0.2, 0.25) is 0 Å². The lowest BCUT2D eigenvalue weighted by atomic mass is 9.49. The Morgan fingerprint density at radius 1 is 0.654 bits per heavy atom. The van der Waals surface area contributed by atoms with Crippen LogP contribution < -0.4 is 9.47 Å². The number of halogens is 3. The molecule has 0 radical (unpaired) electrons. The molecule has 6 aliphatic rings. The van der Waals surface area contributed by atoms with Crippen LogP contribution in [-0.2, 0) is 65.5 Å². The normalized spacial score (nSPS) is 31.4. The van der Waals surface area contributed by atoms with Gasteiger partial charge in [0.2, 0.25) is 0 Å². The summed E-state index contributed by atoms with van der Waals surface area (Å²) in [5, 5.41) is 0. The second-order valence-electron chi connectivity index (χ2n) is 23.9. The van der Waals surface area contributed by atoms with Crippen LogP contribution in [0.5, 0.6) is 11.5 Å². The average molecular weight is 1110 g/mol. The minimum atomic E-state index is -5.97. The first-order valence-corrected chi connectivity index (χ1v) is 28.7. The first kappa shape index (κ1) is 61.3. The third-order valence-electron chi connectivity index (χ3n) is 19.2. The lowest BCUT2D eigenvalue weighted by molar-refractivity contribution is -0.237. The van der Waals surface area contributed by atoms with Gasteiger partial charge in [-0.2, -0.15) is 21.6 Å². The Hall–Kier alpha value is -4.36. The summed E-state index contributed by atoms with van der Waals surface area (Å²) in [6.45, 7) is 31.0. The standard InChI is InChI=1S/C31H41F3O8S.C30H42O5/c1-7-27(4,20-39-19-23-8-10-24(38-6)11-9-23)18-25(35)28(5)21(2)12-13-29(22(3)42-43(36,37)31(32,33)34)14-15-30(26(28)29)40-16-17-41-30;1-7-27(4,21-33-20-23-9-11-24(32-6)12-10-23)19-25(31)28(5)22(3)13-14-29(8-2)15-16-30(26(28)29)34-17-18-35-30/h7-11,21,26H,1,3,12-20H2,2,4-6H3;7-12,22,26H,1-2,13-21H2,3-6H3/t21-,26?,27+,28+,29+;22-,26?,27+,28+,29+/m11/s1. The molecule has 6 fully saturated rings. The molecule has 2 unspecified atom stereocenters. The van der Waals surface area contributed by atoms with Crippen molar-refractivity contribution in [3.63, 3.8) is 0 Å². The van der Waals surface area contributed by atoms with Crippen LogP contribution >= 0.6 is 0 Å². The van der Waals surface area contributed by atoms with Gasteiger partial charge in [0.25, 0.3) is 0 Å². The van der Waals surface area contributed by atoms with Gasteiger partial charge >= 0.3 is 15.6 Å². The van der Waals surface area contributed by atoms with Gasteiger partial charge in [0.15, 0.2) is 11.6 Å². The number of fused-ring (bicyclic) bond motifs is 4. The second kappa shape index (κ2) is 23.2.